The number of unbranched alkanes of at least 4 members (excludes halogenated alkanes) is 2. The number of hydrogen-bond acceptors (Lipinski definition) is 1. The Kier molecular flexibility index (Phi) is 6.26. The molecule has 0 aliphatic carbocycles. The Hall–Kier alpha value is -0.690. The second-order valence-corrected chi connectivity index (χ2v) is 4.81. The zero-order valence-electron chi connectivity index (χ0n) is 9.54. The van der Waals surface area contributed by atoms with Crippen molar-refractivity contribution in [2.24, 2.45) is 0 Å². The molecule has 0 aliphatic rings. The fourth-order valence-electron chi connectivity index (χ4n) is 1.39. The largest absolute Gasteiger partial charge is 0.157 e. The van der Waals surface area contributed by atoms with Gasteiger partial charge >= 0.3 is 0 Å². The van der Waals surface area contributed by atoms with Crippen molar-refractivity contribution in [1.29, 1.82) is 0 Å². The molecule has 1 aromatic carbocycles. The fourth-order valence-corrected chi connectivity index (χ4v) is 2.37. The van der Waals surface area contributed by atoms with E-state index >= 15 is 0 Å². The van der Waals surface area contributed by atoms with Gasteiger partial charge in [-0.25, -0.2) is 0 Å². The summed E-state index contributed by atoms with van der Waals surface area (Å²) in [7, 11) is 0. The third-order valence-electron chi connectivity index (χ3n) is 2.38. The highest BCUT2D eigenvalue weighted by Gasteiger charge is 1.93. The molecule has 82 valence electrons. The van der Waals surface area contributed by atoms with Gasteiger partial charge < -0.3 is 0 Å². The SMILES string of the molecule is C=Cc1ccc(CSCCCCC)cc1. The Labute approximate surface area is 97.8 Å². The lowest BCUT2D eigenvalue weighted by molar-refractivity contribution is 0.778. The Bertz CT molecular complexity index is 274. The molecule has 0 aliphatic heterocycles. The van der Waals surface area contributed by atoms with Crippen LogP contribution in [0.5, 0.6) is 0 Å². The van der Waals surface area contributed by atoms with E-state index in [-0.39, 0.29) is 0 Å². The Morgan fingerprint density at radius 3 is 2.53 bits per heavy atom. The van der Waals surface area contributed by atoms with Gasteiger partial charge in [0.05, 0.1) is 0 Å². The van der Waals surface area contributed by atoms with Gasteiger partial charge in [0.1, 0.15) is 0 Å². The summed E-state index contributed by atoms with van der Waals surface area (Å²) >= 11 is 2.03. The van der Waals surface area contributed by atoms with Crippen LogP contribution in [0.1, 0.15) is 37.3 Å². The highest BCUT2D eigenvalue weighted by atomic mass is 32.2. The first kappa shape index (κ1) is 12.4. The number of hydrogen-bond donors (Lipinski definition) is 0. The predicted molar refractivity (Wildman–Crippen MR) is 72.2 cm³/mol. The van der Waals surface area contributed by atoms with E-state index in [1.54, 1.807) is 0 Å². The van der Waals surface area contributed by atoms with Crippen LogP contribution in [0.15, 0.2) is 30.8 Å². The summed E-state index contributed by atoms with van der Waals surface area (Å²) in [5.74, 6) is 2.43. The molecular formula is C14H20S. The average Bonchev–Trinajstić information content (AvgIpc) is 2.30. The zero-order chi connectivity index (χ0) is 10.9. The van der Waals surface area contributed by atoms with Crippen molar-refractivity contribution < 1.29 is 0 Å². The average molecular weight is 220 g/mol. The van der Waals surface area contributed by atoms with Gasteiger partial charge in [0.2, 0.25) is 0 Å². The molecule has 0 saturated carbocycles. The van der Waals surface area contributed by atoms with Crippen LogP contribution in [-0.2, 0) is 5.75 Å². The van der Waals surface area contributed by atoms with Gasteiger partial charge in [-0.15, -0.1) is 0 Å². The highest BCUT2D eigenvalue weighted by Crippen LogP contribution is 2.15. The van der Waals surface area contributed by atoms with Crippen molar-refractivity contribution in [3.8, 4) is 0 Å². The molecule has 0 bridgehead atoms. The highest BCUT2D eigenvalue weighted by molar-refractivity contribution is 7.98. The fraction of sp³-hybridized carbons (Fsp3) is 0.429. The van der Waals surface area contributed by atoms with Gasteiger partial charge in [0.25, 0.3) is 0 Å². The van der Waals surface area contributed by atoms with Crippen LogP contribution in [-0.4, -0.2) is 5.75 Å². The molecule has 0 aromatic heterocycles. The maximum atomic E-state index is 3.75. The lowest BCUT2D eigenvalue weighted by atomic mass is 10.1. The third-order valence-corrected chi connectivity index (χ3v) is 3.49. The quantitative estimate of drug-likeness (QED) is 0.597. The first-order valence-corrected chi connectivity index (χ1v) is 6.81. The van der Waals surface area contributed by atoms with E-state index in [1.807, 2.05) is 17.8 Å². The molecular weight excluding hydrogens is 200 g/mol. The molecule has 1 aromatic rings. The smallest absolute Gasteiger partial charge is 0.0184 e. The molecule has 0 amide bonds. The van der Waals surface area contributed by atoms with Gasteiger partial charge in [-0.1, -0.05) is 56.7 Å². The Balaban J connectivity index is 2.22. The molecule has 0 spiro atoms. The molecule has 0 unspecified atom stereocenters. The summed E-state index contributed by atoms with van der Waals surface area (Å²) in [6, 6.07) is 8.66. The second kappa shape index (κ2) is 7.58. The third kappa shape index (κ3) is 5.08. The summed E-state index contributed by atoms with van der Waals surface area (Å²) in [6.07, 6.45) is 5.92. The molecule has 0 radical (unpaired) electrons. The standard InChI is InChI=1S/C14H20S/c1-3-5-6-11-15-12-14-9-7-13(4-2)8-10-14/h4,7-10H,2-3,5-6,11-12H2,1H3. The van der Waals surface area contributed by atoms with Gasteiger partial charge in [-0.2, -0.15) is 11.8 Å². The van der Waals surface area contributed by atoms with E-state index in [0.29, 0.717) is 0 Å². The van der Waals surface area contributed by atoms with Crippen LogP contribution >= 0.6 is 11.8 Å². The lowest BCUT2D eigenvalue weighted by Crippen LogP contribution is -1.84. The molecule has 1 heteroatoms. The minimum absolute atomic E-state index is 1.14. The summed E-state index contributed by atoms with van der Waals surface area (Å²) in [6.45, 7) is 6.00. The van der Waals surface area contributed by atoms with Crippen molar-refractivity contribution in [3.63, 3.8) is 0 Å². The van der Waals surface area contributed by atoms with Crippen molar-refractivity contribution in [2.75, 3.05) is 5.75 Å². The van der Waals surface area contributed by atoms with Crippen molar-refractivity contribution in [2.45, 2.75) is 31.9 Å². The lowest BCUT2D eigenvalue weighted by Gasteiger charge is -2.02. The monoisotopic (exact) mass is 220 g/mol. The summed E-state index contributed by atoms with van der Waals surface area (Å²) in [5.41, 5.74) is 2.62. The first-order valence-electron chi connectivity index (χ1n) is 5.66. The van der Waals surface area contributed by atoms with E-state index < -0.39 is 0 Å². The van der Waals surface area contributed by atoms with Gasteiger partial charge in [0.15, 0.2) is 0 Å². The number of thioether (sulfide) groups is 1. The molecule has 0 heterocycles. The van der Waals surface area contributed by atoms with E-state index in [4.69, 9.17) is 0 Å². The summed E-state index contributed by atoms with van der Waals surface area (Å²) < 4.78 is 0. The van der Waals surface area contributed by atoms with Crippen molar-refractivity contribution in [1.82, 2.24) is 0 Å². The van der Waals surface area contributed by atoms with Crippen LogP contribution in [0.25, 0.3) is 6.08 Å². The maximum Gasteiger partial charge on any atom is 0.0184 e. The second-order valence-electron chi connectivity index (χ2n) is 3.71. The summed E-state index contributed by atoms with van der Waals surface area (Å²) in [4.78, 5) is 0. The molecule has 0 nitrogen and oxygen atoms in total. The van der Waals surface area contributed by atoms with Gasteiger partial charge in [-0.3, -0.25) is 0 Å². The zero-order valence-corrected chi connectivity index (χ0v) is 10.4. The molecule has 0 N–H and O–H groups in total. The van der Waals surface area contributed by atoms with Crippen LogP contribution in [0.2, 0.25) is 0 Å². The van der Waals surface area contributed by atoms with E-state index in [1.165, 1.54) is 36.1 Å². The van der Waals surface area contributed by atoms with Gasteiger partial charge in [-0.05, 0) is 23.3 Å². The number of benzene rings is 1. The molecule has 1 rings (SSSR count). The number of rotatable bonds is 7. The minimum Gasteiger partial charge on any atom is -0.157 e. The Morgan fingerprint density at radius 1 is 1.20 bits per heavy atom. The van der Waals surface area contributed by atoms with E-state index in [2.05, 4.69) is 37.8 Å². The van der Waals surface area contributed by atoms with Crippen LogP contribution in [0.3, 0.4) is 0 Å². The van der Waals surface area contributed by atoms with Crippen molar-refractivity contribution in [3.05, 3.63) is 42.0 Å². The predicted octanol–water partition coefficient (Wildman–Crippen LogP) is 4.75. The van der Waals surface area contributed by atoms with Crippen LogP contribution in [0.4, 0.5) is 0 Å². The molecule has 15 heavy (non-hydrogen) atoms. The van der Waals surface area contributed by atoms with Crippen LogP contribution in [0, 0.1) is 0 Å². The van der Waals surface area contributed by atoms with Crippen molar-refractivity contribution >= 4 is 17.8 Å². The normalized spacial score (nSPS) is 10.2. The van der Waals surface area contributed by atoms with E-state index in [0.717, 1.165) is 5.75 Å². The maximum absolute atomic E-state index is 3.75. The van der Waals surface area contributed by atoms with Crippen LogP contribution < -0.4 is 0 Å². The minimum atomic E-state index is 1.14. The molecule has 0 saturated heterocycles. The topological polar surface area (TPSA) is 0 Å². The van der Waals surface area contributed by atoms with Gasteiger partial charge in [0, 0.05) is 5.75 Å². The Morgan fingerprint density at radius 2 is 1.93 bits per heavy atom. The molecule has 0 atom stereocenters. The van der Waals surface area contributed by atoms with E-state index in [9.17, 15) is 0 Å². The first-order chi connectivity index (χ1) is 7.36. The molecule has 0 fully saturated rings. The summed E-state index contributed by atoms with van der Waals surface area (Å²) in [5, 5.41) is 0.